The normalized spacial score (nSPS) is 50.8. The molecule has 6 heterocycles. The number of carbonyl (C=O) groups is 3. The first kappa shape index (κ1) is 66.5. The van der Waals surface area contributed by atoms with Gasteiger partial charge in [-0.15, -0.1) is 0 Å². The minimum absolute atomic E-state index is 0.0144. The van der Waals surface area contributed by atoms with Crippen LogP contribution < -0.4 is 5.32 Å². The molecule has 6 saturated heterocycles. The van der Waals surface area contributed by atoms with Crippen molar-refractivity contribution < 1.29 is 92.0 Å². The standard InChI is InChI=1S/C67H101NO19/c1-15-42-16-17-43-26-35(6)58(86-54-30-65(13,76)61(40(11)81-54)68-41(12)69)33(4)24-31(2)45-19-18-44-56(66(45,14)62(73)55-63(74)67(43,29-42)87-64(55)75)32(3)25-34(5)59(44)84-51-23-21-48(37(8)78-51)82-53-28-49(83-50-22-20-46(70)36(7)77-50)60(39(10)80-53)85-52-27-47(71)57(72)38(9)79-52/h16-19,24,26,32-34,36-40,42-54,56-61,70-73,76H,15,20-23,25,27-30H2,1-14H3,(H,68,69)/b31-24-,35-26+,62-55?/t32-,33-,34-,36-,37-,38-,39+,40-,42-,43+,44-,45+,46+,47-,48-,49+,50-,51-,52-,53+,54-,56+,57+,58-,59-,60-,61+,65+,66+,67+/m0/s1. The van der Waals surface area contributed by atoms with Crippen molar-refractivity contribution in [1.82, 2.24) is 5.32 Å². The van der Waals surface area contributed by atoms with E-state index in [-0.39, 0.29) is 90.6 Å². The first-order valence-electron chi connectivity index (χ1n) is 32.6. The Balaban J connectivity index is 0.903. The van der Waals surface area contributed by atoms with E-state index in [0.29, 0.717) is 32.1 Å². The number of Topliss-reactive ketones (excluding diaryl/α,β-unsaturated/α-hetero) is 1. The highest BCUT2D eigenvalue weighted by Crippen LogP contribution is 2.61. The summed E-state index contributed by atoms with van der Waals surface area (Å²) in [6, 6.07) is -0.672. The number of esters is 1. The van der Waals surface area contributed by atoms with Gasteiger partial charge in [0.2, 0.25) is 11.7 Å². The number of hydrogen-bond acceptors (Lipinski definition) is 19. The molecule has 7 fully saturated rings. The topological polar surface area (TPSA) is 266 Å². The zero-order chi connectivity index (χ0) is 62.9. The molecular weight excluding hydrogens is 1120 g/mol. The second-order valence-corrected chi connectivity index (χ2v) is 28.2. The summed E-state index contributed by atoms with van der Waals surface area (Å²) in [6.45, 7) is 26.7. The number of hydrogen-bond donors (Lipinski definition) is 6. The van der Waals surface area contributed by atoms with Crippen molar-refractivity contribution in [3.8, 4) is 0 Å². The van der Waals surface area contributed by atoms with E-state index in [9.17, 15) is 35.1 Å². The predicted octanol–water partition coefficient (Wildman–Crippen LogP) is 7.63. The van der Waals surface area contributed by atoms with Gasteiger partial charge in [-0.05, 0) is 110 Å². The van der Waals surface area contributed by atoms with Gasteiger partial charge in [-0.1, -0.05) is 76.6 Å². The maximum Gasteiger partial charge on any atom is 0.346 e. The number of amides is 1. The van der Waals surface area contributed by atoms with Crippen LogP contribution in [-0.2, 0) is 66.5 Å². The van der Waals surface area contributed by atoms with E-state index in [1.54, 1.807) is 20.8 Å². The number of ether oxygens (including phenoxy) is 11. The summed E-state index contributed by atoms with van der Waals surface area (Å²) in [5.41, 5.74) is -2.83. The molecule has 1 amide bonds. The molecule has 6 aliphatic heterocycles. The molecule has 6 N–H and O–H groups in total. The number of aliphatic hydroxyl groups is 5. The Labute approximate surface area is 514 Å². The van der Waals surface area contributed by atoms with Crippen molar-refractivity contribution >= 4 is 17.7 Å². The van der Waals surface area contributed by atoms with E-state index in [1.165, 1.54) is 6.92 Å². The zero-order valence-corrected chi connectivity index (χ0v) is 53.6. The van der Waals surface area contributed by atoms with Crippen LogP contribution in [0.2, 0.25) is 0 Å². The molecular formula is C67H101NO19. The fourth-order valence-corrected chi connectivity index (χ4v) is 17.0. The van der Waals surface area contributed by atoms with Gasteiger partial charge in [-0.3, -0.25) is 9.59 Å². The minimum atomic E-state index is -1.63. The molecule has 20 heteroatoms. The van der Waals surface area contributed by atoms with Crippen molar-refractivity contribution in [2.45, 2.75) is 289 Å². The van der Waals surface area contributed by atoms with Crippen molar-refractivity contribution in [3.05, 3.63) is 58.9 Å². The first-order chi connectivity index (χ1) is 41.0. The average Bonchev–Trinajstić information content (AvgIpc) is 1.71. The number of nitrogens with one attached hydrogen (secondary N) is 1. The highest BCUT2D eigenvalue weighted by molar-refractivity contribution is 6.26. The third-order valence-electron chi connectivity index (χ3n) is 21.5. The Bertz CT molecular complexity index is 2640. The van der Waals surface area contributed by atoms with Crippen LogP contribution in [0.4, 0.5) is 0 Å². The Hall–Kier alpha value is -3.45. The van der Waals surface area contributed by atoms with Crippen LogP contribution in [-0.4, -0.2) is 171 Å². The van der Waals surface area contributed by atoms with Crippen LogP contribution in [0.3, 0.4) is 0 Å². The van der Waals surface area contributed by atoms with E-state index in [0.717, 1.165) is 17.6 Å². The predicted molar refractivity (Wildman–Crippen MR) is 316 cm³/mol. The highest BCUT2D eigenvalue weighted by Gasteiger charge is 2.64. The molecule has 0 radical (unpaired) electrons. The molecule has 488 valence electrons. The van der Waals surface area contributed by atoms with Gasteiger partial charge in [0.25, 0.3) is 0 Å². The Kier molecular flexibility index (Phi) is 20.1. The molecule has 2 bridgehead atoms. The van der Waals surface area contributed by atoms with Crippen LogP contribution in [0.15, 0.2) is 58.9 Å². The van der Waals surface area contributed by atoms with Gasteiger partial charge in [0.05, 0.1) is 78.8 Å². The Morgan fingerprint density at radius 1 is 0.655 bits per heavy atom. The summed E-state index contributed by atoms with van der Waals surface area (Å²) in [4.78, 5) is 42.6. The van der Waals surface area contributed by atoms with Crippen LogP contribution in [0.5, 0.6) is 0 Å². The summed E-state index contributed by atoms with van der Waals surface area (Å²) in [7, 11) is 0. The molecule has 0 unspecified atom stereocenters. The molecule has 87 heavy (non-hydrogen) atoms. The summed E-state index contributed by atoms with van der Waals surface area (Å²) >= 11 is 0. The molecule has 30 atom stereocenters. The third kappa shape index (κ3) is 13.2. The van der Waals surface area contributed by atoms with Gasteiger partial charge in [0.15, 0.2) is 37.1 Å². The quantitative estimate of drug-likeness (QED) is 0.0623. The van der Waals surface area contributed by atoms with Crippen molar-refractivity contribution in [2.24, 2.45) is 52.8 Å². The highest BCUT2D eigenvalue weighted by atomic mass is 16.8. The monoisotopic (exact) mass is 1220 g/mol. The van der Waals surface area contributed by atoms with Gasteiger partial charge >= 0.3 is 5.97 Å². The SMILES string of the molecule is CC[C@H]1C=C[C@@H]2/C=C(\C)[C@@H](O[C@H]3C[C@@](C)(O)[C@H](NC(C)=O)[C@H](C)O3)[C@@H](C)/C=C(/C)[C@H]3C=C[C@@H]4[C@@H](O[C@H]5CC[C@H](O[C@@H]6C[C@@H](O[C@H]7CC[C@@H](O)[C@H](C)O7)[C@@H](O[C@H]7C[C@H](O)[C@H](O)[C@H](C)O7)[C@@H](C)O6)[C@H](C)O5)[C@@H](C)C[C@H](C)[C@H]4[C@]3(C)C(O)=C3C(=O)O[C@@]2(C1)C3=O. The summed E-state index contributed by atoms with van der Waals surface area (Å²) in [6.07, 6.45) is 5.05. The molecule has 20 nitrogen and oxygen atoms in total. The van der Waals surface area contributed by atoms with E-state index >= 15 is 4.79 Å². The van der Waals surface area contributed by atoms with Crippen molar-refractivity contribution in [1.29, 1.82) is 0 Å². The van der Waals surface area contributed by atoms with Crippen LogP contribution in [0.1, 0.15) is 161 Å². The fraction of sp³-hybridized carbons (Fsp3) is 0.806. The number of allylic oxidation sites excluding steroid dienone is 4. The van der Waals surface area contributed by atoms with Gasteiger partial charge in [-0.2, -0.15) is 0 Å². The summed E-state index contributed by atoms with van der Waals surface area (Å²) < 4.78 is 72.3. The summed E-state index contributed by atoms with van der Waals surface area (Å²) in [5.74, 6) is -4.07. The van der Waals surface area contributed by atoms with Gasteiger partial charge in [-0.25, -0.2) is 4.79 Å². The Morgan fingerprint density at radius 2 is 1.30 bits per heavy atom. The lowest BCUT2D eigenvalue weighted by Crippen LogP contribution is -2.62. The smallest absolute Gasteiger partial charge is 0.346 e. The number of rotatable bonds is 12. The second kappa shape index (κ2) is 26.3. The van der Waals surface area contributed by atoms with Gasteiger partial charge in [0, 0.05) is 74.5 Å². The van der Waals surface area contributed by atoms with E-state index < -0.39 is 145 Å². The zero-order valence-electron chi connectivity index (χ0n) is 53.6. The van der Waals surface area contributed by atoms with Gasteiger partial charge in [0.1, 0.15) is 23.5 Å². The number of ketones is 1. The third-order valence-corrected chi connectivity index (χ3v) is 21.5. The molecule has 1 saturated carbocycles. The molecule has 4 aliphatic carbocycles. The maximum atomic E-state index is 15.6. The number of carbonyl (C=O) groups excluding carboxylic acids is 3. The van der Waals surface area contributed by atoms with E-state index in [1.807, 2.05) is 60.6 Å². The maximum absolute atomic E-state index is 15.6. The molecule has 0 aromatic carbocycles. The lowest BCUT2D eigenvalue weighted by Gasteiger charge is -2.56. The molecule has 1 spiro atoms. The van der Waals surface area contributed by atoms with E-state index in [4.69, 9.17) is 52.1 Å². The molecule has 10 aliphatic rings. The number of fused-ring (bicyclic) bond motifs is 4. The lowest BCUT2D eigenvalue weighted by molar-refractivity contribution is -0.346. The minimum Gasteiger partial charge on any atom is -0.511 e. The average molecular weight is 1220 g/mol. The van der Waals surface area contributed by atoms with E-state index in [2.05, 4.69) is 50.4 Å². The van der Waals surface area contributed by atoms with Crippen LogP contribution in [0.25, 0.3) is 0 Å². The molecule has 0 aromatic rings. The summed E-state index contributed by atoms with van der Waals surface area (Å²) in [5, 5.41) is 59.4. The van der Waals surface area contributed by atoms with Crippen LogP contribution in [0, 0.1) is 52.8 Å². The fourth-order valence-electron chi connectivity index (χ4n) is 17.0. The van der Waals surface area contributed by atoms with Gasteiger partial charge < -0.3 is 83.0 Å². The largest absolute Gasteiger partial charge is 0.511 e. The molecule has 0 aromatic heterocycles. The first-order valence-corrected chi connectivity index (χ1v) is 32.6. The van der Waals surface area contributed by atoms with Crippen molar-refractivity contribution in [2.75, 3.05) is 0 Å². The number of aliphatic hydroxyl groups excluding tert-OH is 4. The Morgan fingerprint density at radius 3 is 1.98 bits per heavy atom. The van der Waals surface area contributed by atoms with Crippen molar-refractivity contribution in [3.63, 3.8) is 0 Å². The lowest BCUT2D eigenvalue weighted by atomic mass is 9.49. The van der Waals surface area contributed by atoms with Crippen LogP contribution >= 0.6 is 0 Å². The molecule has 10 rings (SSSR count). The second-order valence-electron chi connectivity index (χ2n) is 28.2.